The van der Waals surface area contributed by atoms with Gasteiger partial charge in [-0.2, -0.15) is 0 Å². The highest BCUT2D eigenvalue weighted by molar-refractivity contribution is 5.87. The van der Waals surface area contributed by atoms with Crippen LogP contribution in [0.4, 0.5) is 10.1 Å². The van der Waals surface area contributed by atoms with E-state index in [-0.39, 0.29) is 5.82 Å². The normalized spacial score (nSPS) is 12.3. The minimum Gasteiger partial charge on any atom is -0.353 e. The molecule has 0 heterocycles. The molecule has 0 fully saturated rings. The minimum atomic E-state index is -0.317. The average molecular weight is 339 g/mol. The molecule has 0 unspecified atom stereocenters. The standard InChI is InChI=1S/C21H26FN3/c1-7-9-10-18-15(3)11-12-20(22)21(18)25-16(4)19(14-24-6)17(8-2)13-23-5/h7-8,11-14,25H,1,4,6,9-10H2,2-3,5H3/b17-8-,19-14+,23-13?. The van der Waals surface area contributed by atoms with Gasteiger partial charge in [0.15, 0.2) is 0 Å². The molecule has 1 N–H and O–H groups in total. The van der Waals surface area contributed by atoms with E-state index in [9.17, 15) is 4.39 Å². The first-order valence-corrected chi connectivity index (χ1v) is 8.10. The third kappa shape index (κ3) is 5.38. The van der Waals surface area contributed by atoms with Crippen LogP contribution in [0, 0.1) is 12.7 Å². The number of benzene rings is 1. The van der Waals surface area contributed by atoms with Crippen molar-refractivity contribution in [3.05, 3.63) is 77.4 Å². The summed E-state index contributed by atoms with van der Waals surface area (Å²) in [7, 11) is 1.69. The van der Waals surface area contributed by atoms with Crippen LogP contribution in [0.25, 0.3) is 0 Å². The summed E-state index contributed by atoms with van der Waals surface area (Å²) in [6.07, 6.45) is 8.48. The van der Waals surface area contributed by atoms with Crippen molar-refractivity contribution in [3.63, 3.8) is 0 Å². The van der Waals surface area contributed by atoms with E-state index in [1.54, 1.807) is 25.5 Å². The van der Waals surface area contributed by atoms with Crippen molar-refractivity contribution in [2.75, 3.05) is 12.4 Å². The lowest BCUT2D eigenvalue weighted by atomic mass is 9.99. The number of rotatable bonds is 9. The first-order valence-electron chi connectivity index (χ1n) is 8.10. The van der Waals surface area contributed by atoms with Gasteiger partial charge >= 0.3 is 0 Å². The molecule has 0 saturated carbocycles. The number of aliphatic imine (C=N–C) groups is 2. The zero-order valence-electron chi connectivity index (χ0n) is 15.3. The number of halogens is 1. The maximum absolute atomic E-state index is 14.5. The maximum atomic E-state index is 14.5. The molecule has 1 aromatic carbocycles. The van der Waals surface area contributed by atoms with Crippen LogP contribution in [-0.4, -0.2) is 20.0 Å². The van der Waals surface area contributed by atoms with Gasteiger partial charge in [-0.05, 0) is 56.2 Å². The molecular weight excluding hydrogens is 313 g/mol. The van der Waals surface area contributed by atoms with E-state index in [0.29, 0.717) is 23.4 Å². The molecule has 0 atom stereocenters. The van der Waals surface area contributed by atoms with Crippen LogP contribution in [-0.2, 0) is 6.42 Å². The number of nitrogens with zero attached hydrogens (tertiary/aromatic N) is 2. The van der Waals surface area contributed by atoms with Crippen LogP contribution in [0.15, 0.2) is 70.5 Å². The molecule has 0 aliphatic carbocycles. The van der Waals surface area contributed by atoms with Crippen molar-refractivity contribution in [1.29, 1.82) is 0 Å². The Morgan fingerprint density at radius 2 is 2.08 bits per heavy atom. The number of allylic oxidation sites excluding steroid dienone is 3. The summed E-state index contributed by atoms with van der Waals surface area (Å²) >= 11 is 0. The van der Waals surface area contributed by atoms with E-state index in [1.807, 2.05) is 26.0 Å². The zero-order valence-corrected chi connectivity index (χ0v) is 15.3. The highest BCUT2D eigenvalue weighted by Crippen LogP contribution is 2.28. The molecule has 0 amide bonds. The fourth-order valence-electron chi connectivity index (χ4n) is 2.50. The van der Waals surface area contributed by atoms with Crippen LogP contribution >= 0.6 is 0 Å². The van der Waals surface area contributed by atoms with Gasteiger partial charge in [0.05, 0.1) is 5.69 Å². The summed E-state index contributed by atoms with van der Waals surface area (Å²) < 4.78 is 14.5. The quantitative estimate of drug-likeness (QED) is 0.364. The summed E-state index contributed by atoms with van der Waals surface area (Å²) in [5.41, 5.74) is 4.44. The van der Waals surface area contributed by atoms with E-state index in [4.69, 9.17) is 0 Å². The van der Waals surface area contributed by atoms with E-state index >= 15 is 0 Å². The van der Waals surface area contributed by atoms with E-state index in [1.165, 1.54) is 6.07 Å². The Morgan fingerprint density at radius 3 is 2.64 bits per heavy atom. The molecule has 132 valence electrons. The fourth-order valence-corrected chi connectivity index (χ4v) is 2.50. The second kappa shape index (κ2) is 10.2. The van der Waals surface area contributed by atoms with Gasteiger partial charge < -0.3 is 5.32 Å². The Bertz CT molecular complexity index is 740. The summed E-state index contributed by atoms with van der Waals surface area (Å²) in [5.74, 6) is -0.317. The smallest absolute Gasteiger partial charge is 0.146 e. The van der Waals surface area contributed by atoms with Crippen LogP contribution in [0.1, 0.15) is 24.5 Å². The Hall–Kier alpha value is -2.75. The fraction of sp³-hybridized carbons (Fsp3) is 0.238. The summed E-state index contributed by atoms with van der Waals surface area (Å²) in [6, 6.07) is 3.24. The van der Waals surface area contributed by atoms with Crippen LogP contribution < -0.4 is 5.32 Å². The number of hydrogen-bond acceptors (Lipinski definition) is 3. The molecule has 0 aliphatic rings. The number of aryl methyl sites for hydroxylation is 1. The third-order valence-corrected chi connectivity index (χ3v) is 3.81. The van der Waals surface area contributed by atoms with Crippen LogP contribution in [0.3, 0.4) is 0 Å². The van der Waals surface area contributed by atoms with Crippen molar-refractivity contribution in [3.8, 4) is 0 Å². The van der Waals surface area contributed by atoms with E-state index in [0.717, 1.165) is 23.1 Å². The molecule has 0 spiro atoms. The number of anilines is 1. The van der Waals surface area contributed by atoms with Gasteiger partial charge in [-0.25, -0.2) is 4.39 Å². The highest BCUT2D eigenvalue weighted by Gasteiger charge is 2.14. The molecule has 0 saturated heterocycles. The molecule has 0 aliphatic heterocycles. The third-order valence-electron chi connectivity index (χ3n) is 3.81. The van der Waals surface area contributed by atoms with Gasteiger partial charge in [0.2, 0.25) is 0 Å². The second-order valence-corrected chi connectivity index (χ2v) is 5.51. The summed E-state index contributed by atoms with van der Waals surface area (Å²) in [5, 5.41) is 3.12. The lowest BCUT2D eigenvalue weighted by Crippen LogP contribution is -2.09. The molecule has 1 rings (SSSR count). The topological polar surface area (TPSA) is 36.8 Å². The molecule has 4 heteroatoms. The lowest BCUT2D eigenvalue weighted by molar-refractivity contribution is 0.628. The molecule has 3 nitrogen and oxygen atoms in total. The molecule has 25 heavy (non-hydrogen) atoms. The summed E-state index contributed by atoms with van der Waals surface area (Å²) in [4.78, 5) is 7.88. The molecule has 0 bridgehead atoms. The minimum absolute atomic E-state index is 0.317. The molecular formula is C21H26FN3. The highest BCUT2D eigenvalue weighted by atomic mass is 19.1. The van der Waals surface area contributed by atoms with Crippen LogP contribution in [0.2, 0.25) is 0 Å². The maximum Gasteiger partial charge on any atom is 0.146 e. The first kappa shape index (κ1) is 20.3. The largest absolute Gasteiger partial charge is 0.353 e. The molecule has 0 aromatic heterocycles. The van der Waals surface area contributed by atoms with Gasteiger partial charge in [-0.1, -0.05) is 24.8 Å². The van der Waals surface area contributed by atoms with E-state index in [2.05, 4.69) is 35.2 Å². The lowest BCUT2D eigenvalue weighted by Gasteiger charge is -2.18. The Kier molecular flexibility index (Phi) is 8.27. The van der Waals surface area contributed by atoms with Crippen LogP contribution in [0.5, 0.6) is 0 Å². The molecule has 0 radical (unpaired) electrons. The average Bonchev–Trinajstić information content (AvgIpc) is 2.60. The van der Waals surface area contributed by atoms with Gasteiger partial charge in [-0.15, -0.1) is 6.58 Å². The SMILES string of the molecule is C=CCCc1c(C)ccc(F)c1NC(=C)C(=C\N=C)/C(C=NC)=C\C. The first-order chi connectivity index (χ1) is 12.0. The molecule has 1 aromatic rings. The Morgan fingerprint density at radius 1 is 1.36 bits per heavy atom. The van der Waals surface area contributed by atoms with Crippen molar-refractivity contribution in [2.24, 2.45) is 9.98 Å². The number of hydrogen-bond donors (Lipinski definition) is 1. The number of nitrogens with one attached hydrogen (secondary N) is 1. The van der Waals surface area contributed by atoms with Crippen molar-refractivity contribution >= 4 is 18.6 Å². The zero-order chi connectivity index (χ0) is 18.8. The van der Waals surface area contributed by atoms with E-state index < -0.39 is 0 Å². The van der Waals surface area contributed by atoms with Gasteiger partial charge in [0.25, 0.3) is 0 Å². The summed E-state index contributed by atoms with van der Waals surface area (Å²) in [6.45, 7) is 15.2. The predicted molar refractivity (Wildman–Crippen MR) is 108 cm³/mol. The van der Waals surface area contributed by atoms with Crippen molar-refractivity contribution in [1.82, 2.24) is 0 Å². The van der Waals surface area contributed by atoms with Gasteiger partial charge in [0, 0.05) is 30.7 Å². The van der Waals surface area contributed by atoms with Gasteiger partial charge in [0.1, 0.15) is 5.82 Å². The Labute approximate surface area is 150 Å². The monoisotopic (exact) mass is 339 g/mol. The Balaban J connectivity index is 3.29. The van der Waals surface area contributed by atoms with Crippen molar-refractivity contribution < 1.29 is 4.39 Å². The second-order valence-electron chi connectivity index (χ2n) is 5.51. The predicted octanol–water partition coefficient (Wildman–Crippen LogP) is 5.41. The van der Waals surface area contributed by atoms with Crippen molar-refractivity contribution in [2.45, 2.75) is 26.7 Å². The van der Waals surface area contributed by atoms with Gasteiger partial charge in [-0.3, -0.25) is 9.98 Å².